The highest BCUT2D eigenvalue weighted by Crippen LogP contribution is 2.57. The molecule has 7 rings (SSSR count). The van der Waals surface area contributed by atoms with E-state index in [-0.39, 0.29) is 43.9 Å². The second kappa shape index (κ2) is 11.2. The lowest BCUT2D eigenvalue weighted by Crippen LogP contribution is -2.61. The molecule has 6 atom stereocenters. The average molecular weight is 641 g/mol. The third-order valence-corrected chi connectivity index (χ3v) is 11.5. The van der Waals surface area contributed by atoms with Gasteiger partial charge in [-0.15, -0.1) is 0 Å². The first kappa shape index (κ1) is 30.3. The summed E-state index contributed by atoms with van der Waals surface area (Å²) in [7, 11) is 0. The lowest BCUT2D eigenvalue weighted by molar-refractivity contribution is -0.131. The normalized spacial score (nSPS) is 32.0. The van der Waals surface area contributed by atoms with Gasteiger partial charge in [-0.25, -0.2) is 13.2 Å². The molecule has 1 spiro atoms. The highest BCUT2D eigenvalue weighted by molar-refractivity contribution is 6.31. The average Bonchev–Trinajstić information content (AvgIpc) is 3.47. The number of anilines is 1. The molecule has 2 aliphatic carbocycles. The Labute approximate surface area is 265 Å². The van der Waals surface area contributed by atoms with Gasteiger partial charge in [0.1, 0.15) is 18.6 Å². The fourth-order valence-corrected chi connectivity index (χ4v) is 8.84. The van der Waals surface area contributed by atoms with E-state index in [1.807, 2.05) is 30.0 Å². The zero-order chi connectivity index (χ0) is 31.7. The van der Waals surface area contributed by atoms with Crippen molar-refractivity contribution < 1.29 is 22.7 Å². The van der Waals surface area contributed by atoms with Crippen LogP contribution in [0.1, 0.15) is 67.6 Å². The SMILES string of the molecule is C=C(F)C(=O)N1CCN(c2nc(OC[C@@]34CCN3[C@H](C)[C@H](F)C4)nc3c2CC[C@@]2(CCc4c(Cl)cccc42)[C@H]3F)C[C@@H]1CC#N. The van der Waals surface area contributed by atoms with Crippen LogP contribution in [0.25, 0.3) is 0 Å². The van der Waals surface area contributed by atoms with Crippen molar-refractivity contribution in [2.45, 2.75) is 87.3 Å². The summed E-state index contributed by atoms with van der Waals surface area (Å²) in [5.74, 6) is -1.42. The molecule has 8 nitrogen and oxygen atoms in total. The lowest BCUT2D eigenvalue weighted by atomic mass is 9.68. The molecule has 1 aromatic heterocycles. The van der Waals surface area contributed by atoms with Gasteiger partial charge in [-0.05, 0) is 56.2 Å². The van der Waals surface area contributed by atoms with Gasteiger partial charge in [0.05, 0.1) is 29.8 Å². The Kier molecular flexibility index (Phi) is 7.52. The van der Waals surface area contributed by atoms with Crippen LogP contribution in [-0.2, 0) is 23.1 Å². The molecular formula is C33H36ClF3N6O2. The maximum absolute atomic E-state index is 17.1. The lowest BCUT2D eigenvalue weighted by Gasteiger charge is -2.49. The minimum absolute atomic E-state index is 0.0144. The molecule has 45 heavy (non-hydrogen) atoms. The van der Waals surface area contributed by atoms with E-state index in [2.05, 4.69) is 17.5 Å². The largest absolute Gasteiger partial charge is 0.461 e. The summed E-state index contributed by atoms with van der Waals surface area (Å²) in [6, 6.07) is 6.99. The Morgan fingerprint density at radius 2 is 1.96 bits per heavy atom. The summed E-state index contributed by atoms with van der Waals surface area (Å²) < 4.78 is 51.9. The molecule has 1 aromatic carbocycles. The number of carbonyl (C=O) groups is 1. The van der Waals surface area contributed by atoms with E-state index in [1.54, 1.807) is 0 Å². The second-order valence-corrected chi connectivity index (χ2v) is 13.7. The molecule has 3 aliphatic heterocycles. The number of amides is 1. The maximum Gasteiger partial charge on any atom is 0.318 e. The van der Waals surface area contributed by atoms with Crippen LogP contribution in [0.4, 0.5) is 19.0 Å². The Bertz CT molecular complexity index is 1600. The van der Waals surface area contributed by atoms with Crippen LogP contribution in [0.5, 0.6) is 6.01 Å². The van der Waals surface area contributed by atoms with Gasteiger partial charge in [-0.2, -0.15) is 15.2 Å². The van der Waals surface area contributed by atoms with Crippen molar-refractivity contribution in [3.63, 3.8) is 0 Å². The van der Waals surface area contributed by atoms with Gasteiger partial charge in [-0.3, -0.25) is 9.69 Å². The van der Waals surface area contributed by atoms with Gasteiger partial charge in [0.25, 0.3) is 5.91 Å². The fraction of sp³-hybridized carbons (Fsp3) is 0.576. The molecule has 3 fully saturated rings. The summed E-state index contributed by atoms with van der Waals surface area (Å²) in [4.78, 5) is 27.4. The molecule has 0 unspecified atom stereocenters. The van der Waals surface area contributed by atoms with Crippen molar-refractivity contribution in [3.05, 3.63) is 58.0 Å². The summed E-state index contributed by atoms with van der Waals surface area (Å²) >= 11 is 6.53. The number of nitrogens with zero attached hydrogens (tertiary/aromatic N) is 6. The quantitative estimate of drug-likeness (QED) is 0.394. The number of piperazine rings is 1. The first-order valence-corrected chi connectivity index (χ1v) is 16.1. The summed E-state index contributed by atoms with van der Waals surface area (Å²) in [5, 5.41) is 10.1. The minimum atomic E-state index is -1.45. The predicted molar refractivity (Wildman–Crippen MR) is 162 cm³/mol. The Morgan fingerprint density at radius 3 is 2.64 bits per heavy atom. The Balaban J connectivity index is 1.25. The monoisotopic (exact) mass is 640 g/mol. The van der Waals surface area contributed by atoms with Gasteiger partial charge >= 0.3 is 6.01 Å². The van der Waals surface area contributed by atoms with E-state index >= 15 is 4.39 Å². The fourth-order valence-electron chi connectivity index (χ4n) is 8.57. The number of halogens is 4. The molecule has 0 N–H and O–H groups in total. The van der Waals surface area contributed by atoms with Gasteiger partial charge < -0.3 is 14.5 Å². The molecule has 3 saturated heterocycles. The maximum atomic E-state index is 17.1. The van der Waals surface area contributed by atoms with Gasteiger partial charge in [0.2, 0.25) is 0 Å². The Hall–Kier alpha value is -3.36. The van der Waals surface area contributed by atoms with Gasteiger partial charge in [0, 0.05) is 54.6 Å². The van der Waals surface area contributed by atoms with Crippen molar-refractivity contribution in [1.82, 2.24) is 19.8 Å². The highest BCUT2D eigenvalue weighted by Gasteiger charge is 2.57. The number of alkyl halides is 2. The minimum Gasteiger partial charge on any atom is -0.461 e. The zero-order valence-corrected chi connectivity index (χ0v) is 26.0. The van der Waals surface area contributed by atoms with Gasteiger partial charge in [0.15, 0.2) is 12.0 Å². The molecule has 4 heterocycles. The predicted octanol–water partition coefficient (Wildman–Crippen LogP) is 5.34. The van der Waals surface area contributed by atoms with Crippen molar-refractivity contribution in [1.29, 1.82) is 5.26 Å². The molecular weight excluding hydrogens is 605 g/mol. The number of nitriles is 1. The van der Waals surface area contributed by atoms with Crippen LogP contribution in [0, 0.1) is 11.3 Å². The second-order valence-electron chi connectivity index (χ2n) is 13.3. The molecule has 2 aromatic rings. The van der Waals surface area contributed by atoms with E-state index in [0.717, 1.165) is 24.1 Å². The van der Waals surface area contributed by atoms with Crippen LogP contribution >= 0.6 is 11.6 Å². The molecule has 1 amide bonds. The molecule has 5 aliphatic rings. The molecule has 0 saturated carbocycles. The number of hydrogen-bond acceptors (Lipinski definition) is 7. The highest BCUT2D eigenvalue weighted by atomic mass is 35.5. The molecule has 0 bridgehead atoms. The van der Waals surface area contributed by atoms with E-state index in [1.165, 1.54) is 4.90 Å². The number of fused-ring (bicyclic) bond motifs is 4. The van der Waals surface area contributed by atoms with E-state index in [4.69, 9.17) is 26.3 Å². The number of rotatable bonds is 6. The smallest absolute Gasteiger partial charge is 0.318 e. The van der Waals surface area contributed by atoms with Crippen LogP contribution < -0.4 is 9.64 Å². The van der Waals surface area contributed by atoms with Crippen molar-refractivity contribution >= 4 is 23.3 Å². The Morgan fingerprint density at radius 1 is 1.18 bits per heavy atom. The summed E-state index contributed by atoms with van der Waals surface area (Å²) in [5.41, 5.74) is 1.62. The van der Waals surface area contributed by atoms with E-state index in [0.29, 0.717) is 55.1 Å². The van der Waals surface area contributed by atoms with E-state index < -0.39 is 41.1 Å². The summed E-state index contributed by atoms with van der Waals surface area (Å²) in [6.45, 7) is 6.66. The first-order valence-electron chi connectivity index (χ1n) is 15.7. The number of ether oxygens (including phenoxy) is 1. The van der Waals surface area contributed by atoms with Crippen molar-refractivity contribution in [3.8, 4) is 12.1 Å². The number of aromatic nitrogens is 2. The first-order chi connectivity index (χ1) is 21.6. The zero-order valence-electron chi connectivity index (χ0n) is 25.2. The van der Waals surface area contributed by atoms with Gasteiger partial charge in [-0.1, -0.05) is 30.3 Å². The van der Waals surface area contributed by atoms with Crippen LogP contribution in [-0.4, -0.2) is 82.3 Å². The van der Waals surface area contributed by atoms with Crippen molar-refractivity contribution in [2.24, 2.45) is 0 Å². The standard InChI is InChI=1S/C33H36ClF3N6O2/c1-19(35)30(44)42-15-14-41(17-21(42)8-12-38)29-23-7-10-33(9-6-22-24(33)4-3-5-25(22)34)28(37)27(23)39-31(40-29)45-18-32-11-13-43(32)20(2)26(36)16-32/h3-5,20-21,26,28H,1,6-11,13-18H2,2H3/t20-,21+,26-,28+,32+,33-/m1/s1. The molecule has 12 heteroatoms. The third kappa shape index (κ3) is 4.70. The summed E-state index contributed by atoms with van der Waals surface area (Å²) in [6.07, 6.45) is 1.10. The third-order valence-electron chi connectivity index (χ3n) is 11.1. The topological polar surface area (TPSA) is 85.6 Å². The number of carbonyl (C=O) groups excluding carboxylic acids is 1. The van der Waals surface area contributed by atoms with Crippen molar-refractivity contribution in [2.75, 3.05) is 37.7 Å². The van der Waals surface area contributed by atoms with Crippen LogP contribution in [0.2, 0.25) is 5.02 Å². The molecule has 0 radical (unpaired) electrons. The van der Waals surface area contributed by atoms with Crippen LogP contribution in [0.3, 0.4) is 0 Å². The number of benzene rings is 1. The molecule has 238 valence electrons. The number of hydrogen-bond donors (Lipinski definition) is 0. The van der Waals surface area contributed by atoms with Crippen LogP contribution in [0.15, 0.2) is 30.6 Å². The van der Waals surface area contributed by atoms with E-state index in [9.17, 15) is 18.8 Å².